The zero-order valence-corrected chi connectivity index (χ0v) is 10.9. The maximum Gasteiger partial charge on any atom is 0.264 e. The molecular formula is C12H16N2O2S. The summed E-state index contributed by atoms with van der Waals surface area (Å²) in [6, 6.07) is 1.93. The van der Waals surface area contributed by atoms with Gasteiger partial charge in [0.1, 0.15) is 0 Å². The number of piperazine rings is 1. The first kappa shape index (κ1) is 12.1. The van der Waals surface area contributed by atoms with Crippen molar-refractivity contribution in [2.45, 2.75) is 20.3 Å². The average Bonchev–Trinajstić information content (AvgIpc) is 2.69. The summed E-state index contributed by atoms with van der Waals surface area (Å²) in [6.45, 7) is 5.44. The normalized spacial score (nSPS) is 15.9. The summed E-state index contributed by atoms with van der Waals surface area (Å²) in [4.78, 5) is 27.0. The van der Waals surface area contributed by atoms with Crippen LogP contribution in [-0.2, 0) is 11.2 Å². The van der Waals surface area contributed by atoms with Crippen LogP contribution >= 0.6 is 11.3 Å². The van der Waals surface area contributed by atoms with Crippen molar-refractivity contribution in [2.75, 3.05) is 19.6 Å². The lowest BCUT2D eigenvalue weighted by Crippen LogP contribution is -2.49. The van der Waals surface area contributed by atoms with Crippen molar-refractivity contribution in [3.05, 3.63) is 21.4 Å². The molecule has 0 spiro atoms. The van der Waals surface area contributed by atoms with Crippen LogP contribution in [0.2, 0.25) is 0 Å². The van der Waals surface area contributed by atoms with Crippen molar-refractivity contribution in [3.8, 4) is 0 Å². The number of hydrogen-bond donors (Lipinski definition) is 1. The van der Waals surface area contributed by atoms with Crippen LogP contribution in [-0.4, -0.2) is 36.3 Å². The van der Waals surface area contributed by atoms with Gasteiger partial charge in [-0.3, -0.25) is 9.59 Å². The summed E-state index contributed by atoms with van der Waals surface area (Å²) in [5.74, 6) is -0.0961. The molecule has 17 heavy (non-hydrogen) atoms. The van der Waals surface area contributed by atoms with Gasteiger partial charge >= 0.3 is 0 Å². The second kappa shape index (κ2) is 4.87. The molecule has 1 N–H and O–H groups in total. The fourth-order valence-corrected chi connectivity index (χ4v) is 3.03. The third-order valence-electron chi connectivity index (χ3n) is 2.88. The quantitative estimate of drug-likeness (QED) is 0.859. The van der Waals surface area contributed by atoms with E-state index in [2.05, 4.69) is 12.2 Å². The molecule has 1 aromatic heterocycles. The van der Waals surface area contributed by atoms with Crippen LogP contribution < -0.4 is 5.32 Å². The average molecular weight is 252 g/mol. The van der Waals surface area contributed by atoms with Gasteiger partial charge in [-0.15, -0.1) is 11.3 Å². The van der Waals surface area contributed by atoms with E-state index >= 15 is 0 Å². The van der Waals surface area contributed by atoms with Gasteiger partial charge < -0.3 is 10.2 Å². The molecule has 0 aromatic carbocycles. The molecule has 2 amide bonds. The molecule has 1 aromatic rings. The largest absolute Gasteiger partial charge is 0.353 e. The smallest absolute Gasteiger partial charge is 0.264 e. The van der Waals surface area contributed by atoms with E-state index in [4.69, 9.17) is 0 Å². The third-order valence-corrected chi connectivity index (χ3v) is 4.25. The molecule has 0 aliphatic carbocycles. The van der Waals surface area contributed by atoms with E-state index in [1.165, 1.54) is 21.8 Å². The van der Waals surface area contributed by atoms with Crippen molar-refractivity contribution >= 4 is 23.2 Å². The molecule has 92 valence electrons. The molecule has 0 radical (unpaired) electrons. The van der Waals surface area contributed by atoms with Crippen molar-refractivity contribution < 1.29 is 9.59 Å². The topological polar surface area (TPSA) is 49.4 Å². The SMILES string of the molecule is CCc1sc(C(=O)N2CCNC(=O)C2)cc1C. The Bertz CT molecular complexity index is 453. The molecule has 0 atom stereocenters. The summed E-state index contributed by atoms with van der Waals surface area (Å²) < 4.78 is 0. The van der Waals surface area contributed by atoms with E-state index in [1.54, 1.807) is 4.90 Å². The Hall–Kier alpha value is -1.36. The lowest BCUT2D eigenvalue weighted by Gasteiger charge is -2.26. The zero-order chi connectivity index (χ0) is 12.4. The summed E-state index contributed by atoms with van der Waals surface area (Å²) in [6.07, 6.45) is 0.949. The Morgan fingerprint density at radius 1 is 1.59 bits per heavy atom. The first-order chi connectivity index (χ1) is 8.11. The van der Waals surface area contributed by atoms with Gasteiger partial charge in [0.05, 0.1) is 11.4 Å². The van der Waals surface area contributed by atoms with E-state index in [9.17, 15) is 9.59 Å². The lowest BCUT2D eigenvalue weighted by molar-refractivity contribution is -0.123. The van der Waals surface area contributed by atoms with E-state index in [-0.39, 0.29) is 18.4 Å². The van der Waals surface area contributed by atoms with E-state index in [1.807, 2.05) is 13.0 Å². The maximum absolute atomic E-state index is 12.2. The Morgan fingerprint density at radius 2 is 2.35 bits per heavy atom. The van der Waals surface area contributed by atoms with Gasteiger partial charge in [-0.1, -0.05) is 6.92 Å². The molecular weight excluding hydrogens is 236 g/mol. The summed E-state index contributed by atoms with van der Waals surface area (Å²) in [5.41, 5.74) is 1.17. The predicted molar refractivity (Wildman–Crippen MR) is 67.3 cm³/mol. The van der Waals surface area contributed by atoms with Crippen molar-refractivity contribution in [1.29, 1.82) is 0 Å². The highest BCUT2D eigenvalue weighted by Gasteiger charge is 2.23. The Morgan fingerprint density at radius 3 is 2.94 bits per heavy atom. The molecule has 0 saturated carbocycles. The van der Waals surface area contributed by atoms with Gasteiger partial charge in [0.2, 0.25) is 5.91 Å². The van der Waals surface area contributed by atoms with Gasteiger partial charge in [0, 0.05) is 18.0 Å². The zero-order valence-electron chi connectivity index (χ0n) is 10.1. The number of hydrogen-bond acceptors (Lipinski definition) is 3. The van der Waals surface area contributed by atoms with Gasteiger partial charge in [0.15, 0.2) is 0 Å². The molecule has 5 heteroatoms. The van der Waals surface area contributed by atoms with Gasteiger partial charge in [0.25, 0.3) is 5.91 Å². The second-order valence-electron chi connectivity index (χ2n) is 4.15. The molecule has 0 unspecified atom stereocenters. The highest BCUT2D eigenvalue weighted by molar-refractivity contribution is 7.14. The Labute approximate surface area is 105 Å². The van der Waals surface area contributed by atoms with Crippen LogP contribution in [0, 0.1) is 6.92 Å². The van der Waals surface area contributed by atoms with Crippen LogP contribution in [0.25, 0.3) is 0 Å². The number of nitrogens with one attached hydrogen (secondary N) is 1. The Balaban J connectivity index is 2.15. The van der Waals surface area contributed by atoms with Crippen LogP contribution in [0.3, 0.4) is 0 Å². The second-order valence-corrected chi connectivity index (χ2v) is 5.28. The molecule has 1 fully saturated rings. The van der Waals surface area contributed by atoms with E-state index in [0.717, 1.165) is 11.3 Å². The number of carbonyl (C=O) groups is 2. The van der Waals surface area contributed by atoms with Crippen molar-refractivity contribution in [3.63, 3.8) is 0 Å². The molecule has 2 rings (SSSR count). The molecule has 1 aliphatic rings. The van der Waals surface area contributed by atoms with E-state index < -0.39 is 0 Å². The van der Waals surface area contributed by atoms with Crippen LogP contribution in [0.15, 0.2) is 6.07 Å². The van der Waals surface area contributed by atoms with Gasteiger partial charge in [-0.05, 0) is 25.0 Å². The van der Waals surface area contributed by atoms with Gasteiger partial charge in [-0.25, -0.2) is 0 Å². The Kier molecular flexibility index (Phi) is 3.47. The van der Waals surface area contributed by atoms with Gasteiger partial charge in [-0.2, -0.15) is 0 Å². The van der Waals surface area contributed by atoms with Crippen LogP contribution in [0.5, 0.6) is 0 Å². The molecule has 1 saturated heterocycles. The first-order valence-corrected chi connectivity index (χ1v) is 6.58. The number of carbonyl (C=O) groups excluding carboxylic acids is 2. The monoisotopic (exact) mass is 252 g/mol. The van der Waals surface area contributed by atoms with Crippen LogP contribution in [0.4, 0.5) is 0 Å². The number of rotatable bonds is 2. The molecule has 4 nitrogen and oxygen atoms in total. The minimum atomic E-state index is -0.0754. The molecule has 2 heterocycles. The maximum atomic E-state index is 12.2. The predicted octanol–water partition coefficient (Wildman–Crippen LogP) is 1.19. The van der Waals surface area contributed by atoms with Crippen LogP contribution in [0.1, 0.15) is 27.0 Å². The van der Waals surface area contributed by atoms with Crippen molar-refractivity contribution in [2.24, 2.45) is 0 Å². The fraction of sp³-hybridized carbons (Fsp3) is 0.500. The lowest BCUT2D eigenvalue weighted by atomic mass is 10.2. The third kappa shape index (κ3) is 2.49. The standard InChI is InChI=1S/C12H16N2O2S/c1-3-9-8(2)6-10(17-9)12(16)14-5-4-13-11(15)7-14/h6H,3-5,7H2,1-2H3,(H,13,15). The number of thiophene rings is 1. The first-order valence-electron chi connectivity index (χ1n) is 5.77. The summed E-state index contributed by atoms with van der Waals surface area (Å²) >= 11 is 1.54. The summed E-state index contributed by atoms with van der Waals surface area (Å²) in [5, 5.41) is 2.72. The summed E-state index contributed by atoms with van der Waals surface area (Å²) in [7, 11) is 0. The van der Waals surface area contributed by atoms with E-state index in [0.29, 0.717) is 13.1 Å². The number of aryl methyl sites for hydroxylation is 2. The molecule has 1 aliphatic heterocycles. The minimum absolute atomic E-state index is 0.0207. The molecule has 0 bridgehead atoms. The highest BCUT2D eigenvalue weighted by Crippen LogP contribution is 2.23. The minimum Gasteiger partial charge on any atom is -0.353 e. The van der Waals surface area contributed by atoms with Crippen molar-refractivity contribution in [1.82, 2.24) is 10.2 Å². The fourth-order valence-electron chi connectivity index (χ4n) is 1.94. The number of amides is 2. The number of nitrogens with zero attached hydrogens (tertiary/aromatic N) is 1. The highest BCUT2D eigenvalue weighted by atomic mass is 32.1.